The van der Waals surface area contributed by atoms with Crippen LogP contribution in [0.4, 0.5) is 0 Å². The largest absolute Gasteiger partial charge is 0.477 e. The molecular formula is C17H31N3O. The summed E-state index contributed by atoms with van der Waals surface area (Å²) < 4.78 is 5.93. The maximum Gasteiger partial charge on any atom is 0.218 e. The molecule has 0 saturated heterocycles. The van der Waals surface area contributed by atoms with Crippen LogP contribution < -0.4 is 10.1 Å². The van der Waals surface area contributed by atoms with Gasteiger partial charge in [0.1, 0.15) is 0 Å². The molecule has 0 aliphatic heterocycles. The SMILES string of the molecule is Cc1cc(C)c(CNCC(C)C)c(OCCCN(C)C)n1. The van der Waals surface area contributed by atoms with Crippen LogP contribution in [0.25, 0.3) is 0 Å². The van der Waals surface area contributed by atoms with Gasteiger partial charge >= 0.3 is 0 Å². The number of aryl methyl sites for hydroxylation is 2. The van der Waals surface area contributed by atoms with E-state index in [1.165, 1.54) is 11.1 Å². The van der Waals surface area contributed by atoms with Gasteiger partial charge in [-0.15, -0.1) is 0 Å². The molecule has 0 fully saturated rings. The molecule has 0 unspecified atom stereocenters. The number of pyridine rings is 1. The zero-order chi connectivity index (χ0) is 15.8. The van der Waals surface area contributed by atoms with Crippen molar-refractivity contribution in [2.75, 3.05) is 33.8 Å². The Labute approximate surface area is 129 Å². The lowest BCUT2D eigenvalue weighted by atomic mass is 10.1. The van der Waals surface area contributed by atoms with E-state index in [1.807, 2.05) is 6.92 Å². The highest BCUT2D eigenvalue weighted by atomic mass is 16.5. The van der Waals surface area contributed by atoms with Gasteiger partial charge in [-0.05, 0) is 58.5 Å². The van der Waals surface area contributed by atoms with Gasteiger partial charge in [0.25, 0.3) is 0 Å². The monoisotopic (exact) mass is 293 g/mol. The first-order chi connectivity index (χ1) is 9.90. The van der Waals surface area contributed by atoms with Gasteiger partial charge in [-0.3, -0.25) is 0 Å². The lowest BCUT2D eigenvalue weighted by Crippen LogP contribution is -2.21. The molecule has 1 N–H and O–H groups in total. The Morgan fingerprint density at radius 2 is 2.00 bits per heavy atom. The maximum absolute atomic E-state index is 5.93. The van der Waals surface area contributed by atoms with Crippen LogP contribution in [0.3, 0.4) is 0 Å². The summed E-state index contributed by atoms with van der Waals surface area (Å²) >= 11 is 0. The first kappa shape index (κ1) is 17.9. The van der Waals surface area contributed by atoms with Crippen LogP contribution in [0.2, 0.25) is 0 Å². The first-order valence-corrected chi connectivity index (χ1v) is 7.85. The van der Waals surface area contributed by atoms with Crippen molar-refractivity contribution in [1.29, 1.82) is 0 Å². The van der Waals surface area contributed by atoms with Crippen LogP contribution in [0.1, 0.15) is 37.1 Å². The topological polar surface area (TPSA) is 37.4 Å². The minimum Gasteiger partial charge on any atom is -0.477 e. The minimum atomic E-state index is 0.646. The van der Waals surface area contributed by atoms with Gasteiger partial charge in [-0.1, -0.05) is 13.8 Å². The molecule has 4 nitrogen and oxygen atoms in total. The summed E-state index contributed by atoms with van der Waals surface area (Å²) in [6.45, 7) is 12.2. The second kappa shape index (κ2) is 9.00. The number of rotatable bonds is 9. The molecule has 0 aromatic carbocycles. The van der Waals surface area contributed by atoms with E-state index in [4.69, 9.17) is 4.74 Å². The minimum absolute atomic E-state index is 0.646. The molecule has 0 bridgehead atoms. The summed E-state index contributed by atoms with van der Waals surface area (Å²) in [4.78, 5) is 6.74. The molecule has 4 heteroatoms. The van der Waals surface area contributed by atoms with E-state index < -0.39 is 0 Å². The van der Waals surface area contributed by atoms with Gasteiger partial charge in [0.2, 0.25) is 5.88 Å². The molecule has 0 aliphatic carbocycles. The lowest BCUT2D eigenvalue weighted by Gasteiger charge is -2.16. The van der Waals surface area contributed by atoms with Crippen molar-refractivity contribution in [3.63, 3.8) is 0 Å². The molecule has 21 heavy (non-hydrogen) atoms. The van der Waals surface area contributed by atoms with Gasteiger partial charge < -0.3 is 15.0 Å². The van der Waals surface area contributed by atoms with E-state index in [0.29, 0.717) is 12.5 Å². The summed E-state index contributed by atoms with van der Waals surface area (Å²) in [6.07, 6.45) is 1.01. The zero-order valence-electron chi connectivity index (χ0n) is 14.5. The van der Waals surface area contributed by atoms with Gasteiger partial charge in [-0.2, -0.15) is 0 Å². The fraction of sp³-hybridized carbons (Fsp3) is 0.706. The van der Waals surface area contributed by atoms with Crippen molar-refractivity contribution < 1.29 is 4.74 Å². The van der Waals surface area contributed by atoms with E-state index in [0.717, 1.165) is 37.6 Å². The molecule has 0 atom stereocenters. The molecule has 0 saturated carbocycles. The average Bonchev–Trinajstić information content (AvgIpc) is 2.36. The van der Waals surface area contributed by atoms with E-state index in [9.17, 15) is 0 Å². The molecule has 1 rings (SSSR count). The van der Waals surface area contributed by atoms with E-state index in [1.54, 1.807) is 0 Å². The van der Waals surface area contributed by atoms with Gasteiger partial charge in [0.05, 0.1) is 6.61 Å². The Hall–Kier alpha value is -1.13. The smallest absolute Gasteiger partial charge is 0.218 e. The van der Waals surface area contributed by atoms with Crippen molar-refractivity contribution in [3.8, 4) is 5.88 Å². The normalized spacial score (nSPS) is 11.4. The van der Waals surface area contributed by atoms with Crippen LogP contribution in [-0.4, -0.2) is 43.7 Å². The maximum atomic E-state index is 5.93. The Bertz CT molecular complexity index is 430. The fourth-order valence-electron chi connectivity index (χ4n) is 2.20. The highest BCUT2D eigenvalue weighted by Gasteiger charge is 2.10. The van der Waals surface area contributed by atoms with Crippen LogP contribution >= 0.6 is 0 Å². The highest BCUT2D eigenvalue weighted by Crippen LogP contribution is 2.21. The molecule has 0 radical (unpaired) electrons. The fourth-order valence-corrected chi connectivity index (χ4v) is 2.20. The first-order valence-electron chi connectivity index (χ1n) is 7.85. The summed E-state index contributed by atoms with van der Waals surface area (Å²) in [5.74, 6) is 1.44. The quantitative estimate of drug-likeness (QED) is 0.710. The average molecular weight is 293 g/mol. The molecule has 1 heterocycles. The molecule has 0 aliphatic rings. The van der Waals surface area contributed by atoms with Gasteiger partial charge in [0.15, 0.2) is 0 Å². The predicted molar refractivity (Wildman–Crippen MR) is 88.9 cm³/mol. The Kier molecular flexibility index (Phi) is 7.68. The number of hydrogen-bond acceptors (Lipinski definition) is 4. The van der Waals surface area contributed by atoms with Crippen molar-refractivity contribution in [2.24, 2.45) is 5.92 Å². The molecule has 0 amide bonds. The molecule has 0 spiro atoms. The van der Waals surface area contributed by atoms with E-state index >= 15 is 0 Å². The summed E-state index contributed by atoms with van der Waals surface area (Å²) in [6, 6.07) is 2.12. The van der Waals surface area contributed by atoms with Crippen LogP contribution in [0, 0.1) is 19.8 Å². The number of aromatic nitrogens is 1. The van der Waals surface area contributed by atoms with Crippen LogP contribution in [-0.2, 0) is 6.54 Å². The van der Waals surface area contributed by atoms with E-state index in [-0.39, 0.29) is 0 Å². The Balaban J connectivity index is 2.66. The third-order valence-electron chi connectivity index (χ3n) is 3.28. The predicted octanol–water partition coefficient (Wildman–Crippen LogP) is 2.77. The third kappa shape index (κ3) is 6.91. The summed E-state index contributed by atoms with van der Waals surface area (Å²) in [7, 11) is 4.16. The van der Waals surface area contributed by atoms with Crippen molar-refractivity contribution in [3.05, 3.63) is 22.9 Å². The van der Waals surface area contributed by atoms with Crippen LogP contribution in [0.15, 0.2) is 6.07 Å². The number of hydrogen-bond donors (Lipinski definition) is 1. The molecule has 1 aromatic rings. The lowest BCUT2D eigenvalue weighted by molar-refractivity contribution is 0.269. The Morgan fingerprint density at radius 3 is 2.62 bits per heavy atom. The highest BCUT2D eigenvalue weighted by molar-refractivity contribution is 5.35. The van der Waals surface area contributed by atoms with Crippen molar-refractivity contribution >= 4 is 0 Å². The summed E-state index contributed by atoms with van der Waals surface area (Å²) in [5.41, 5.74) is 3.45. The number of nitrogens with one attached hydrogen (secondary N) is 1. The number of nitrogens with zero attached hydrogens (tertiary/aromatic N) is 2. The molecule has 1 aromatic heterocycles. The molecule has 120 valence electrons. The van der Waals surface area contributed by atoms with Crippen LogP contribution in [0.5, 0.6) is 5.88 Å². The third-order valence-corrected chi connectivity index (χ3v) is 3.28. The zero-order valence-corrected chi connectivity index (χ0v) is 14.5. The second-order valence-corrected chi connectivity index (χ2v) is 6.39. The molecular weight excluding hydrogens is 262 g/mol. The van der Waals surface area contributed by atoms with Crippen molar-refractivity contribution in [1.82, 2.24) is 15.2 Å². The standard InChI is InChI=1S/C17H31N3O/c1-13(2)11-18-12-16-14(3)10-15(4)19-17(16)21-9-7-8-20(5)6/h10,13,18H,7-9,11-12H2,1-6H3. The number of ether oxygens (including phenoxy) is 1. The van der Waals surface area contributed by atoms with Gasteiger partial charge in [-0.25, -0.2) is 4.98 Å². The van der Waals surface area contributed by atoms with E-state index in [2.05, 4.69) is 56.1 Å². The Morgan fingerprint density at radius 1 is 1.29 bits per heavy atom. The summed E-state index contributed by atoms with van der Waals surface area (Å²) in [5, 5.41) is 3.48. The van der Waals surface area contributed by atoms with Gasteiger partial charge in [0, 0.05) is 24.3 Å². The second-order valence-electron chi connectivity index (χ2n) is 6.39. The van der Waals surface area contributed by atoms with Crippen molar-refractivity contribution in [2.45, 2.75) is 40.7 Å².